The van der Waals surface area contributed by atoms with Gasteiger partial charge in [0.2, 0.25) is 11.8 Å². The Labute approximate surface area is 217 Å². The Balaban J connectivity index is 1.12. The quantitative estimate of drug-likeness (QED) is 0.384. The van der Waals surface area contributed by atoms with E-state index in [2.05, 4.69) is 22.4 Å². The van der Waals surface area contributed by atoms with E-state index in [1.54, 1.807) is 6.07 Å². The van der Waals surface area contributed by atoms with Crippen molar-refractivity contribution in [2.24, 2.45) is 5.92 Å². The van der Waals surface area contributed by atoms with Gasteiger partial charge in [-0.2, -0.15) is 0 Å². The molecule has 1 fully saturated rings. The first-order chi connectivity index (χ1) is 18.0. The number of hydrogen-bond donors (Lipinski definition) is 1. The van der Waals surface area contributed by atoms with E-state index in [1.165, 1.54) is 0 Å². The number of rotatable bonds is 7. The zero-order valence-corrected chi connectivity index (χ0v) is 21.3. The molecule has 1 aliphatic rings. The van der Waals surface area contributed by atoms with Crippen LogP contribution < -0.4 is 10.2 Å². The van der Waals surface area contributed by atoms with Gasteiger partial charge in [0.1, 0.15) is 5.52 Å². The highest BCUT2D eigenvalue weighted by Gasteiger charge is 2.25. The summed E-state index contributed by atoms with van der Waals surface area (Å²) in [6.07, 6.45) is 2.13. The third-order valence-corrected chi connectivity index (χ3v) is 6.97. The van der Waals surface area contributed by atoms with Crippen LogP contribution in [0.5, 0.6) is 0 Å². The number of hydrogen-bond acceptors (Lipinski definition) is 5. The second-order valence-electron chi connectivity index (χ2n) is 9.84. The molecule has 0 atom stereocenters. The van der Waals surface area contributed by atoms with Crippen LogP contribution >= 0.6 is 0 Å². The molecule has 2 amide bonds. The van der Waals surface area contributed by atoms with Gasteiger partial charge in [-0.05, 0) is 66.8 Å². The van der Waals surface area contributed by atoms with Gasteiger partial charge in [-0.1, -0.05) is 30.3 Å². The molecule has 0 spiro atoms. The van der Waals surface area contributed by atoms with Crippen molar-refractivity contribution >= 4 is 28.6 Å². The van der Waals surface area contributed by atoms with E-state index in [1.807, 2.05) is 78.5 Å². The van der Waals surface area contributed by atoms with Crippen LogP contribution in [0.2, 0.25) is 0 Å². The Hall–Kier alpha value is -4.13. The smallest absolute Gasteiger partial charge is 0.253 e. The molecule has 1 N–H and O–H groups in total. The lowest BCUT2D eigenvalue weighted by atomic mass is 9.92. The molecule has 1 aliphatic heterocycles. The number of nitrogens with one attached hydrogen (secondary N) is 1. The van der Waals surface area contributed by atoms with Gasteiger partial charge in [-0.25, -0.2) is 4.98 Å². The van der Waals surface area contributed by atoms with Crippen molar-refractivity contribution in [2.45, 2.75) is 25.8 Å². The van der Waals surface area contributed by atoms with E-state index < -0.39 is 0 Å². The number of piperidine rings is 1. The zero-order valence-electron chi connectivity index (χ0n) is 21.3. The molecule has 7 nitrogen and oxygen atoms in total. The summed E-state index contributed by atoms with van der Waals surface area (Å²) >= 11 is 0. The fourth-order valence-corrected chi connectivity index (χ4v) is 4.73. The number of oxazole rings is 1. The van der Waals surface area contributed by atoms with Crippen LogP contribution in [0.25, 0.3) is 22.6 Å². The number of carbonyl (C=O) groups excluding carboxylic acids is 2. The summed E-state index contributed by atoms with van der Waals surface area (Å²) in [5, 5.41) is 3.04. The van der Waals surface area contributed by atoms with E-state index >= 15 is 0 Å². The van der Waals surface area contributed by atoms with E-state index in [-0.39, 0.29) is 17.7 Å². The number of benzene rings is 3. The number of fused-ring (bicyclic) bond motifs is 1. The average Bonchev–Trinajstić information content (AvgIpc) is 3.36. The molecule has 0 unspecified atom stereocenters. The number of anilines is 1. The maximum absolute atomic E-state index is 13.2. The third kappa shape index (κ3) is 5.82. The van der Waals surface area contributed by atoms with Crippen molar-refractivity contribution in [3.63, 3.8) is 0 Å². The molecule has 2 heterocycles. The maximum Gasteiger partial charge on any atom is 0.253 e. The van der Waals surface area contributed by atoms with E-state index in [4.69, 9.17) is 4.42 Å². The standard InChI is InChI=1S/C30H32N4O3/c1-33(2)25-11-8-22(9-12-25)20-31-28(35)18-21-14-16-34(17-15-21)30(36)24-10-13-26-27(19-24)37-29(32-26)23-6-4-3-5-7-23/h3-13,19,21H,14-18,20H2,1-2H3,(H,31,35). The average molecular weight is 497 g/mol. The van der Waals surface area contributed by atoms with Gasteiger partial charge in [0, 0.05) is 57.0 Å². The molecular formula is C30H32N4O3. The summed E-state index contributed by atoms with van der Waals surface area (Å²) in [6.45, 7) is 1.82. The molecule has 7 heteroatoms. The SMILES string of the molecule is CN(C)c1ccc(CNC(=O)CC2CCN(C(=O)c3ccc4nc(-c5ccccc5)oc4c3)CC2)cc1. The molecule has 0 radical (unpaired) electrons. The summed E-state index contributed by atoms with van der Waals surface area (Å²) in [6, 6.07) is 23.3. The molecule has 0 aliphatic carbocycles. The Kier molecular flexibility index (Phi) is 7.21. The molecular weight excluding hydrogens is 464 g/mol. The second-order valence-corrected chi connectivity index (χ2v) is 9.84. The molecule has 3 aromatic carbocycles. The highest BCUT2D eigenvalue weighted by molar-refractivity contribution is 5.97. The second kappa shape index (κ2) is 10.9. The van der Waals surface area contributed by atoms with Crippen LogP contribution in [0.1, 0.15) is 35.2 Å². The summed E-state index contributed by atoms with van der Waals surface area (Å²) in [5.74, 6) is 0.880. The lowest BCUT2D eigenvalue weighted by Crippen LogP contribution is -2.39. The molecule has 0 bridgehead atoms. The third-order valence-electron chi connectivity index (χ3n) is 6.97. The van der Waals surface area contributed by atoms with Gasteiger partial charge in [-0.3, -0.25) is 9.59 Å². The highest BCUT2D eigenvalue weighted by atomic mass is 16.3. The first-order valence-corrected chi connectivity index (χ1v) is 12.7. The summed E-state index contributed by atoms with van der Waals surface area (Å²) in [4.78, 5) is 34.1. The molecule has 190 valence electrons. The van der Waals surface area contributed by atoms with Gasteiger partial charge in [0.25, 0.3) is 5.91 Å². The molecule has 1 aromatic heterocycles. The van der Waals surface area contributed by atoms with E-state index in [0.717, 1.165) is 35.2 Å². The van der Waals surface area contributed by atoms with Crippen LogP contribution in [0.4, 0.5) is 5.69 Å². The van der Waals surface area contributed by atoms with Gasteiger partial charge in [0.15, 0.2) is 5.58 Å². The first-order valence-electron chi connectivity index (χ1n) is 12.7. The van der Waals surface area contributed by atoms with Gasteiger partial charge < -0.3 is 19.5 Å². The predicted molar refractivity (Wildman–Crippen MR) is 145 cm³/mol. The minimum atomic E-state index is -0.0105. The molecule has 37 heavy (non-hydrogen) atoms. The predicted octanol–water partition coefficient (Wildman–Crippen LogP) is 5.12. The van der Waals surface area contributed by atoms with Gasteiger partial charge >= 0.3 is 0 Å². The van der Waals surface area contributed by atoms with Crippen molar-refractivity contribution < 1.29 is 14.0 Å². The topological polar surface area (TPSA) is 78.7 Å². The lowest BCUT2D eigenvalue weighted by molar-refractivity contribution is -0.122. The first kappa shape index (κ1) is 24.6. The van der Waals surface area contributed by atoms with Gasteiger partial charge in [0.05, 0.1) is 0 Å². The van der Waals surface area contributed by atoms with Gasteiger partial charge in [-0.15, -0.1) is 0 Å². The maximum atomic E-state index is 13.2. The fraction of sp³-hybridized carbons (Fsp3) is 0.300. The molecule has 0 saturated carbocycles. The zero-order chi connectivity index (χ0) is 25.8. The van der Waals surface area contributed by atoms with Crippen molar-refractivity contribution in [2.75, 3.05) is 32.1 Å². The fourth-order valence-electron chi connectivity index (χ4n) is 4.73. The van der Waals surface area contributed by atoms with Crippen LogP contribution in [-0.4, -0.2) is 48.9 Å². The minimum Gasteiger partial charge on any atom is -0.436 e. The lowest BCUT2D eigenvalue weighted by Gasteiger charge is -2.31. The number of amides is 2. The Morgan fingerprint density at radius 1 is 1.00 bits per heavy atom. The Morgan fingerprint density at radius 2 is 1.73 bits per heavy atom. The van der Waals surface area contributed by atoms with Crippen LogP contribution in [0.15, 0.2) is 77.2 Å². The number of likely N-dealkylation sites (tertiary alicyclic amines) is 1. The van der Waals surface area contributed by atoms with Crippen LogP contribution in [0, 0.1) is 5.92 Å². The van der Waals surface area contributed by atoms with Crippen molar-refractivity contribution in [3.05, 3.63) is 83.9 Å². The number of carbonyl (C=O) groups is 2. The largest absolute Gasteiger partial charge is 0.436 e. The highest BCUT2D eigenvalue weighted by Crippen LogP contribution is 2.27. The van der Waals surface area contributed by atoms with Crippen molar-refractivity contribution in [3.8, 4) is 11.5 Å². The normalized spacial score (nSPS) is 14.1. The summed E-state index contributed by atoms with van der Waals surface area (Å²) < 4.78 is 5.94. The van der Waals surface area contributed by atoms with Crippen molar-refractivity contribution in [1.29, 1.82) is 0 Å². The van der Waals surface area contributed by atoms with E-state index in [0.29, 0.717) is 43.1 Å². The summed E-state index contributed by atoms with van der Waals surface area (Å²) in [7, 11) is 4.01. The summed E-state index contributed by atoms with van der Waals surface area (Å²) in [5.41, 5.74) is 5.05. The Bertz CT molecular complexity index is 1370. The van der Waals surface area contributed by atoms with Crippen LogP contribution in [0.3, 0.4) is 0 Å². The van der Waals surface area contributed by atoms with E-state index in [9.17, 15) is 9.59 Å². The number of aromatic nitrogens is 1. The minimum absolute atomic E-state index is 0.0105. The molecule has 1 saturated heterocycles. The number of nitrogens with zero attached hydrogens (tertiary/aromatic N) is 3. The molecule has 4 aromatic rings. The van der Waals surface area contributed by atoms with Crippen molar-refractivity contribution in [1.82, 2.24) is 15.2 Å². The monoisotopic (exact) mass is 496 g/mol. The Morgan fingerprint density at radius 3 is 2.43 bits per heavy atom. The van der Waals surface area contributed by atoms with Crippen LogP contribution in [-0.2, 0) is 11.3 Å². The molecule has 5 rings (SSSR count).